The Morgan fingerprint density at radius 3 is 2.33 bits per heavy atom. The topological polar surface area (TPSA) is 55.4 Å². The molecule has 24 heavy (non-hydrogen) atoms. The summed E-state index contributed by atoms with van der Waals surface area (Å²) in [5.74, 6) is -2.56. The molecule has 0 aliphatic carbocycles. The van der Waals surface area contributed by atoms with Gasteiger partial charge < -0.3 is 10.1 Å². The minimum atomic E-state index is -1.14. The van der Waals surface area contributed by atoms with Crippen LogP contribution in [0.5, 0.6) is 0 Å². The van der Waals surface area contributed by atoms with Gasteiger partial charge in [0.15, 0.2) is 6.10 Å². The third kappa shape index (κ3) is 4.74. The van der Waals surface area contributed by atoms with Crippen molar-refractivity contribution in [1.29, 1.82) is 0 Å². The standard InChI is InChI=1S/C18H15F2NO3/c1-12(18(23)21-16-9-5-4-8-15(16)20)24-17(22)11-10-13-6-2-3-7-14(13)19/h2-12H,1H3,(H,21,23)/b11-10+. The van der Waals surface area contributed by atoms with Gasteiger partial charge in [0.05, 0.1) is 5.69 Å². The number of rotatable bonds is 5. The highest BCUT2D eigenvalue weighted by Crippen LogP contribution is 2.13. The van der Waals surface area contributed by atoms with E-state index in [1.165, 1.54) is 49.4 Å². The first-order chi connectivity index (χ1) is 11.5. The number of ether oxygens (including phenoxy) is 1. The van der Waals surface area contributed by atoms with Crippen LogP contribution >= 0.6 is 0 Å². The predicted molar refractivity (Wildman–Crippen MR) is 86.0 cm³/mol. The molecule has 6 heteroatoms. The molecule has 1 amide bonds. The molecule has 1 unspecified atom stereocenters. The van der Waals surface area contributed by atoms with Gasteiger partial charge in [0.1, 0.15) is 11.6 Å². The zero-order valence-electron chi connectivity index (χ0n) is 12.8. The average Bonchev–Trinajstić information content (AvgIpc) is 2.56. The minimum Gasteiger partial charge on any atom is -0.449 e. The summed E-state index contributed by atoms with van der Waals surface area (Å²) in [5.41, 5.74) is 0.213. The molecule has 0 radical (unpaired) electrons. The summed E-state index contributed by atoms with van der Waals surface area (Å²) in [7, 11) is 0. The van der Waals surface area contributed by atoms with Gasteiger partial charge in [-0.3, -0.25) is 4.79 Å². The number of para-hydroxylation sites is 1. The maximum absolute atomic E-state index is 13.5. The van der Waals surface area contributed by atoms with Crippen LogP contribution in [0.25, 0.3) is 6.08 Å². The molecule has 0 fully saturated rings. The molecule has 0 aliphatic rings. The molecule has 2 aromatic rings. The number of halogens is 2. The van der Waals surface area contributed by atoms with Gasteiger partial charge in [-0.25, -0.2) is 13.6 Å². The lowest BCUT2D eigenvalue weighted by molar-refractivity contribution is -0.148. The van der Waals surface area contributed by atoms with Gasteiger partial charge in [-0.15, -0.1) is 0 Å². The Balaban J connectivity index is 1.92. The summed E-state index contributed by atoms with van der Waals surface area (Å²) in [4.78, 5) is 23.6. The number of esters is 1. The van der Waals surface area contributed by atoms with Gasteiger partial charge in [-0.2, -0.15) is 0 Å². The van der Waals surface area contributed by atoms with E-state index in [2.05, 4.69) is 5.32 Å². The number of benzene rings is 2. The number of anilines is 1. The highest BCUT2D eigenvalue weighted by molar-refractivity contribution is 5.96. The fourth-order valence-corrected chi connectivity index (χ4v) is 1.83. The third-order valence-corrected chi connectivity index (χ3v) is 3.10. The zero-order chi connectivity index (χ0) is 17.5. The van der Waals surface area contributed by atoms with E-state index in [1.807, 2.05) is 0 Å². The van der Waals surface area contributed by atoms with Crippen molar-refractivity contribution in [3.8, 4) is 0 Å². The zero-order valence-corrected chi connectivity index (χ0v) is 12.8. The highest BCUT2D eigenvalue weighted by atomic mass is 19.1. The van der Waals surface area contributed by atoms with E-state index in [-0.39, 0.29) is 11.3 Å². The first kappa shape index (κ1) is 17.3. The summed E-state index contributed by atoms with van der Waals surface area (Å²) < 4.78 is 31.8. The molecule has 0 saturated heterocycles. The number of nitrogens with one attached hydrogen (secondary N) is 1. The molecule has 1 N–H and O–H groups in total. The van der Waals surface area contributed by atoms with Gasteiger partial charge in [0.2, 0.25) is 0 Å². The van der Waals surface area contributed by atoms with E-state index in [0.29, 0.717) is 0 Å². The van der Waals surface area contributed by atoms with Gasteiger partial charge in [0.25, 0.3) is 5.91 Å². The molecule has 0 aromatic heterocycles. The Bertz CT molecular complexity index is 774. The van der Waals surface area contributed by atoms with Crippen molar-refractivity contribution < 1.29 is 23.1 Å². The second-order valence-electron chi connectivity index (χ2n) is 4.90. The fourth-order valence-electron chi connectivity index (χ4n) is 1.83. The molecule has 0 saturated carbocycles. The van der Waals surface area contributed by atoms with Crippen molar-refractivity contribution in [3.63, 3.8) is 0 Å². The Hall–Kier alpha value is -3.02. The number of carbonyl (C=O) groups excluding carboxylic acids is 2. The molecule has 4 nitrogen and oxygen atoms in total. The van der Waals surface area contributed by atoms with E-state index >= 15 is 0 Å². The number of hydrogen-bond acceptors (Lipinski definition) is 3. The van der Waals surface area contributed by atoms with Crippen LogP contribution < -0.4 is 5.32 Å². The largest absolute Gasteiger partial charge is 0.449 e. The van der Waals surface area contributed by atoms with Crippen LogP contribution in [-0.2, 0) is 14.3 Å². The van der Waals surface area contributed by atoms with Crippen molar-refractivity contribution in [1.82, 2.24) is 0 Å². The monoisotopic (exact) mass is 331 g/mol. The normalized spacial score (nSPS) is 12.0. The third-order valence-electron chi connectivity index (χ3n) is 3.10. The van der Waals surface area contributed by atoms with Crippen LogP contribution in [0, 0.1) is 11.6 Å². The Morgan fingerprint density at radius 2 is 1.67 bits per heavy atom. The van der Waals surface area contributed by atoms with Gasteiger partial charge >= 0.3 is 5.97 Å². The lowest BCUT2D eigenvalue weighted by Crippen LogP contribution is -2.29. The molecule has 0 heterocycles. The first-order valence-electron chi connectivity index (χ1n) is 7.16. The minimum absolute atomic E-state index is 0.00713. The molecule has 2 aromatic carbocycles. The van der Waals surface area contributed by atoms with E-state index in [9.17, 15) is 18.4 Å². The van der Waals surface area contributed by atoms with E-state index in [1.54, 1.807) is 12.1 Å². The van der Waals surface area contributed by atoms with Crippen LogP contribution in [-0.4, -0.2) is 18.0 Å². The summed E-state index contributed by atoms with van der Waals surface area (Å²) >= 11 is 0. The average molecular weight is 331 g/mol. The summed E-state index contributed by atoms with van der Waals surface area (Å²) in [6, 6.07) is 11.5. The maximum Gasteiger partial charge on any atom is 0.331 e. The number of carbonyl (C=O) groups is 2. The van der Waals surface area contributed by atoms with Crippen LogP contribution in [0.4, 0.5) is 14.5 Å². The lowest BCUT2D eigenvalue weighted by Gasteiger charge is -2.12. The smallest absolute Gasteiger partial charge is 0.331 e. The van der Waals surface area contributed by atoms with Crippen LogP contribution in [0.2, 0.25) is 0 Å². The predicted octanol–water partition coefficient (Wildman–Crippen LogP) is 3.55. The second kappa shape index (κ2) is 8.01. The number of amides is 1. The molecular formula is C18H15F2NO3. The second-order valence-corrected chi connectivity index (χ2v) is 4.90. The van der Waals surface area contributed by atoms with Crippen molar-refractivity contribution in [3.05, 3.63) is 71.8 Å². The molecule has 0 aliphatic heterocycles. The van der Waals surface area contributed by atoms with Crippen LogP contribution in [0.1, 0.15) is 12.5 Å². The maximum atomic E-state index is 13.5. The fraction of sp³-hybridized carbons (Fsp3) is 0.111. The van der Waals surface area contributed by atoms with E-state index < -0.39 is 29.6 Å². The molecule has 124 valence electrons. The Kier molecular flexibility index (Phi) is 5.78. The molecule has 0 bridgehead atoms. The first-order valence-corrected chi connectivity index (χ1v) is 7.16. The number of hydrogen-bond donors (Lipinski definition) is 1. The van der Waals surface area contributed by atoms with E-state index in [0.717, 1.165) is 6.08 Å². The van der Waals surface area contributed by atoms with E-state index in [4.69, 9.17) is 4.74 Å². The molecule has 1 atom stereocenters. The lowest BCUT2D eigenvalue weighted by atomic mass is 10.2. The van der Waals surface area contributed by atoms with Crippen molar-refractivity contribution in [2.24, 2.45) is 0 Å². The summed E-state index contributed by atoms with van der Waals surface area (Å²) in [6.07, 6.45) is 1.13. The van der Waals surface area contributed by atoms with Gasteiger partial charge in [0, 0.05) is 11.6 Å². The molecule has 2 rings (SSSR count). The highest BCUT2D eigenvalue weighted by Gasteiger charge is 2.17. The molecular weight excluding hydrogens is 316 g/mol. The SMILES string of the molecule is CC(OC(=O)/C=C/c1ccccc1F)C(=O)Nc1ccccc1F. The van der Waals surface area contributed by atoms with Crippen molar-refractivity contribution in [2.45, 2.75) is 13.0 Å². The van der Waals surface area contributed by atoms with Gasteiger partial charge in [-0.1, -0.05) is 30.3 Å². The Morgan fingerprint density at radius 1 is 1.04 bits per heavy atom. The van der Waals surface area contributed by atoms with Crippen LogP contribution in [0.3, 0.4) is 0 Å². The quantitative estimate of drug-likeness (QED) is 0.673. The summed E-state index contributed by atoms with van der Waals surface area (Å²) in [5, 5.41) is 2.32. The van der Waals surface area contributed by atoms with Gasteiger partial charge in [-0.05, 0) is 31.2 Å². The Labute approximate surface area is 137 Å². The summed E-state index contributed by atoms with van der Waals surface area (Å²) in [6.45, 7) is 1.35. The van der Waals surface area contributed by atoms with Crippen molar-refractivity contribution >= 4 is 23.6 Å². The molecule has 0 spiro atoms. The van der Waals surface area contributed by atoms with Crippen LogP contribution in [0.15, 0.2) is 54.6 Å². The van der Waals surface area contributed by atoms with Crippen molar-refractivity contribution in [2.75, 3.05) is 5.32 Å².